The van der Waals surface area contributed by atoms with E-state index < -0.39 is 12.1 Å². The highest BCUT2D eigenvalue weighted by atomic mass is 35.5. The smallest absolute Gasteiger partial charge is 0.345 e. The standard InChI is InChI=1S/C36H36Cl2N4O5S/c1-22-26(11-12-28(32(22)38)46-18-17-42-15-13-41(2)14-16-42)30-31-34(47-29(36(43)44)20-23-7-4-5-10-27(23)45-3)39-21-40-35(31)48-33(30)24-8-6-9-25(37)19-24/h4-12,19,21,29H,13-18,20H2,1-3H3,(H,43,44)/t29-/m1/s1. The van der Waals surface area contributed by atoms with Gasteiger partial charge in [-0.15, -0.1) is 11.3 Å². The van der Waals surface area contributed by atoms with E-state index in [9.17, 15) is 9.90 Å². The first-order valence-corrected chi connectivity index (χ1v) is 17.2. The van der Waals surface area contributed by atoms with Crippen LogP contribution in [0.25, 0.3) is 31.8 Å². The molecule has 9 nitrogen and oxygen atoms in total. The lowest BCUT2D eigenvalue weighted by Gasteiger charge is -2.32. The van der Waals surface area contributed by atoms with Gasteiger partial charge in [-0.25, -0.2) is 14.8 Å². The van der Waals surface area contributed by atoms with Crippen molar-refractivity contribution in [1.82, 2.24) is 19.8 Å². The van der Waals surface area contributed by atoms with Crippen molar-refractivity contribution in [2.75, 3.05) is 53.5 Å². The number of carboxylic acid groups (broad SMARTS) is 1. The molecule has 0 saturated carbocycles. The second-order valence-corrected chi connectivity index (χ2v) is 13.5. The summed E-state index contributed by atoms with van der Waals surface area (Å²) in [5.41, 5.74) is 3.98. The molecule has 0 amide bonds. The number of methoxy groups -OCH3 is 1. The van der Waals surface area contributed by atoms with E-state index in [1.165, 1.54) is 17.7 Å². The lowest BCUT2D eigenvalue weighted by molar-refractivity contribution is -0.145. The fourth-order valence-corrected chi connectivity index (χ4v) is 7.42. The van der Waals surface area contributed by atoms with Crippen molar-refractivity contribution in [3.63, 3.8) is 0 Å². The molecule has 1 aliphatic heterocycles. The van der Waals surface area contributed by atoms with Crippen molar-refractivity contribution in [3.8, 4) is 38.9 Å². The van der Waals surface area contributed by atoms with Crippen LogP contribution in [0.15, 0.2) is 67.0 Å². The zero-order valence-corrected chi connectivity index (χ0v) is 29.2. The van der Waals surface area contributed by atoms with Crippen LogP contribution in [0.3, 0.4) is 0 Å². The number of carbonyl (C=O) groups is 1. The van der Waals surface area contributed by atoms with Crippen molar-refractivity contribution >= 4 is 50.7 Å². The molecule has 1 fully saturated rings. The number of benzene rings is 3. The fourth-order valence-electron chi connectivity index (χ4n) is 5.87. The van der Waals surface area contributed by atoms with Gasteiger partial charge < -0.3 is 24.2 Å². The Morgan fingerprint density at radius 2 is 1.81 bits per heavy atom. The molecule has 0 radical (unpaired) electrons. The van der Waals surface area contributed by atoms with Crippen molar-refractivity contribution in [2.24, 2.45) is 0 Å². The molecule has 1 saturated heterocycles. The molecule has 1 aliphatic rings. The Hall–Kier alpha value is -3.93. The minimum Gasteiger partial charge on any atom is -0.496 e. The molecule has 6 rings (SSSR count). The molecule has 0 unspecified atom stereocenters. The SMILES string of the molecule is COc1ccccc1C[C@@H](Oc1ncnc2sc(-c3cccc(Cl)c3)c(-c3ccc(OCCN4CCN(C)CC4)c(Cl)c3C)c12)C(=O)O. The first kappa shape index (κ1) is 34.0. The number of nitrogens with zero attached hydrogens (tertiary/aromatic N) is 4. The van der Waals surface area contributed by atoms with E-state index in [-0.39, 0.29) is 12.3 Å². The van der Waals surface area contributed by atoms with Gasteiger partial charge in [0.15, 0.2) is 0 Å². The number of para-hydroxylation sites is 1. The average Bonchev–Trinajstić information content (AvgIpc) is 3.48. The molecule has 3 aromatic carbocycles. The summed E-state index contributed by atoms with van der Waals surface area (Å²) in [6.45, 7) is 7.39. The number of halogens is 2. The molecule has 12 heteroatoms. The van der Waals surface area contributed by atoms with Gasteiger partial charge in [-0.3, -0.25) is 4.90 Å². The third-order valence-electron chi connectivity index (χ3n) is 8.55. The van der Waals surface area contributed by atoms with Gasteiger partial charge >= 0.3 is 5.97 Å². The van der Waals surface area contributed by atoms with Crippen LogP contribution < -0.4 is 14.2 Å². The molecule has 1 N–H and O–H groups in total. The fraction of sp³-hybridized carbons (Fsp3) is 0.306. The van der Waals surface area contributed by atoms with Gasteiger partial charge in [0.1, 0.15) is 29.3 Å². The molecule has 3 heterocycles. The number of aliphatic carboxylic acids is 1. The number of carboxylic acids is 1. The quantitative estimate of drug-likeness (QED) is 0.143. The first-order valence-electron chi connectivity index (χ1n) is 15.6. The maximum Gasteiger partial charge on any atom is 0.345 e. The van der Waals surface area contributed by atoms with Gasteiger partial charge in [-0.05, 0) is 60.5 Å². The highest BCUT2D eigenvalue weighted by Gasteiger charge is 2.28. The van der Waals surface area contributed by atoms with Crippen LogP contribution in [0.1, 0.15) is 11.1 Å². The normalized spacial score (nSPS) is 14.6. The van der Waals surface area contributed by atoms with Crippen LogP contribution in [-0.2, 0) is 11.2 Å². The van der Waals surface area contributed by atoms with Gasteiger partial charge in [0.25, 0.3) is 0 Å². The van der Waals surface area contributed by atoms with Crippen molar-refractivity contribution < 1.29 is 24.1 Å². The Morgan fingerprint density at radius 1 is 1.02 bits per heavy atom. The van der Waals surface area contributed by atoms with E-state index in [2.05, 4.69) is 26.8 Å². The van der Waals surface area contributed by atoms with Gasteiger partial charge in [0.2, 0.25) is 12.0 Å². The number of hydrogen-bond donors (Lipinski definition) is 1. The number of likely N-dealkylation sites (N-methyl/N-ethyl adjacent to an activating group) is 1. The Morgan fingerprint density at radius 3 is 2.56 bits per heavy atom. The summed E-state index contributed by atoms with van der Waals surface area (Å²) in [4.78, 5) is 27.8. The monoisotopic (exact) mass is 706 g/mol. The number of piperazine rings is 1. The largest absolute Gasteiger partial charge is 0.496 e. The number of fused-ring (bicyclic) bond motifs is 1. The number of hydrogen-bond acceptors (Lipinski definition) is 9. The zero-order valence-electron chi connectivity index (χ0n) is 26.9. The van der Waals surface area contributed by atoms with Crippen LogP contribution in [0.4, 0.5) is 0 Å². The number of ether oxygens (including phenoxy) is 3. The Labute approximate surface area is 293 Å². The number of thiophene rings is 1. The van der Waals surface area contributed by atoms with Crippen LogP contribution >= 0.6 is 34.5 Å². The summed E-state index contributed by atoms with van der Waals surface area (Å²) in [6, 6.07) is 18.7. The predicted molar refractivity (Wildman–Crippen MR) is 191 cm³/mol. The van der Waals surface area contributed by atoms with E-state index in [0.29, 0.717) is 43.9 Å². The topological polar surface area (TPSA) is 97.3 Å². The van der Waals surface area contributed by atoms with E-state index in [1.54, 1.807) is 13.2 Å². The van der Waals surface area contributed by atoms with Crippen LogP contribution in [0.2, 0.25) is 10.0 Å². The van der Waals surface area contributed by atoms with E-state index in [0.717, 1.165) is 59.9 Å². The molecule has 0 aliphatic carbocycles. The third-order valence-corrected chi connectivity index (χ3v) is 10.4. The van der Waals surface area contributed by atoms with Gasteiger partial charge in [-0.2, -0.15) is 0 Å². The van der Waals surface area contributed by atoms with E-state index in [1.807, 2.05) is 61.5 Å². The van der Waals surface area contributed by atoms with Gasteiger partial charge in [-0.1, -0.05) is 59.6 Å². The number of rotatable bonds is 12. The Kier molecular flexibility index (Phi) is 10.7. The Bertz CT molecular complexity index is 1930. The number of aromatic nitrogens is 2. The second-order valence-electron chi connectivity index (χ2n) is 11.7. The second kappa shape index (κ2) is 15.1. The summed E-state index contributed by atoms with van der Waals surface area (Å²) < 4.78 is 17.9. The van der Waals surface area contributed by atoms with E-state index >= 15 is 0 Å². The van der Waals surface area contributed by atoms with Crippen molar-refractivity contribution in [2.45, 2.75) is 19.4 Å². The van der Waals surface area contributed by atoms with Crippen LogP contribution in [0, 0.1) is 6.92 Å². The molecule has 0 spiro atoms. The molecule has 250 valence electrons. The molecule has 2 aromatic heterocycles. The maximum absolute atomic E-state index is 12.5. The predicted octanol–water partition coefficient (Wildman–Crippen LogP) is 7.35. The third kappa shape index (κ3) is 7.38. The maximum atomic E-state index is 12.5. The lowest BCUT2D eigenvalue weighted by Crippen LogP contribution is -2.45. The van der Waals surface area contributed by atoms with Gasteiger partial charge in [0, 0.05) is 54.6 Å². The molecular weight excluding hydrogens is 671 g/mol. The highest BCUT2D eigenvalue weighted by molar-refractivity contribution is 7.22. The highest BCUT2D eigenvalue weighted by Crippen LogP contribution is 2.49. The Balaban J connectivity index is 1.40. The van der Waals surface area contributed by atoms with Crippen molar-refractivity contribution in [1.29, 1.82) is 0 Å². The average molecular weight is 708 g/mol. The molecule has 5 aromatic rings. The molecule has 48 heavy (non-hydrogen) atoms. The molecule has 1 atom stereocenters. The van der Waals surface area contributed by atoms with Crippen LogP contribution in [-0.4, -0.2) is 90.4 Å². The van der Waals surface area contributed by atoms with Crippen molar-refractivity contribution in [3.05, 3.63) is 88.2 Å². The minimum absolute atomic E-state index is 0.0660. The summed E-state index contributed by atoms with van der Waals surface area (Å²) >= 11 is 14.9. The van der Waals surface area contributed by atoms with Gasteiger partial charge in [0.05, 0.1) is 17.5 Å². The molecule has 0 bridgehead atoms. The summed E-state index contributed by atoms with van der Waals surface area (Å²) in [5, 5.41) is 11.9. The summed E-state index contributed by atoms with van der Waals surface area (Å²) in [5.74, 6) is 0.212. The lowest BCUT2D eigenvalue weighted by atomic mass is 9.96. The summed E-state index contributed by atoms with van der Waals surface area (Å²) in [7, 11) is 3.69. The minimum atomic E-state index is -1.25. The first-order chi connectivity index (χ1) is 23.2. The molecular formula is C36H36Cl2N4O5S. The van der Waals surface area contributed by atoms with E-state index in [4.69, 9.17) is 37.4 Å². The summed E-state index contributed by atoms with van der Waals surface area (Å²) in [6.07, 6.45) is 0.206. The zero-order chi connectivity index (χ0) is 33.8. The van der Waals surface area contributed by atoms with Crippen LogP contribution in [0.5, 0.6) is 17.4 Å².